The van der Waals surface area contributed by atoms with Crippen molar-refractivity contribution in [1.82, 2.24) is 0 Å². The van der Waals surface area contributed by atoms with Crippen molar-refractivity contribution in [2.24, 2.45) is 4.40 Å². The van der Waals surface area contributed by atoms with E-state index < -0.39 is 0 Å². The summed E-state index contributed by atoms with van der Waals surface area (Å²) in [5.74, 6) is 0. The zero-order chi connectivity index (χ0) is 9.64. The highest BCUT2D eigenvalue weighted by atomic mass is 32.2. The largest absolute Gasteiger partial charge is 0.376 e. The number of rotatable bonds is 4. The first kappa shape index (κ1) is 9.74. The van der Waals surface area contributed by atoms with Gasteiger partial charge in [0.25, 0.3) is 0 Å². The third-order valence-corrected chi connectivity index (χ3v) is 2.97. The Morgan fingerprint density at radius 1 is 1.36 bits per heavy atom. The van der Waals surface area contributed by atoms with Gasteiger partial charge in [0.15, 0.2) is 0 Å². The van der Waals surface area contributed by atoms with Gasteiger partial charge in [0.1, 0.15) is 0 Å². The van der Waals surface area contributed by atoms with E-state index in [1.807, 2.05) is 24.4 Å². The van der Waals surface area contributed by atoms with Crippen molar-refractivity contribution in [3.63, 3.8) is 0 Å². The summed E-state index contributed by atoms with van der Waals surface area (Å²) in [6, 6.07) is 10.2. The molecule has 2 rings (SSSR count). The molecule has 0 aromatic heterocycles. The Morgan fingerprint density at radius 3 is 2.93 bits per heavy atom. The Balaban J connectivity index is 1.68. The van der Waals surface area contributed by atoms with Gasteiger partial charge >= 0.3 is 0 Å². The summed E-state index contributed by atoms with van der Waals surface area (Å²) < 4.78 is 9.70. The first-order valence-corrected chi connectivity index (χ1v) is 5.58. The van der Waals surface area contributed by atoms with Gasteiger partial charge in [-0.15, -0.1) is 0 Å². The number of hydrogen-bond donors (Lipinski definition) is 0. The summed E-state index contributed by atoms with van der Waals surface area (Å²) in [5, 5.41) is 0.527. The van der Waals surface area contributed by atoms with Gasteiger partial charge in [0.05, 0.1) is 18.5 Å². The lowest BCUT2D eigenvalue weighted by atomic mass is 10.2. The van der Waals surface area contributed by atoms with Gasteiger partial charge in [-0.3, -0.25) is 0 Å². The SMILES string of the molecule is C1=NSC(COCc2ccccc2)C1. The van der Waals surface area contributed by atoms with Gasteiger partial charge in [0.2, 0.25) is 0 Å². The van der Waals surface area contributed by atoms with Crippen LogP contribution in [0.5, 0.6) is 0 Å². The molecule has 0 spiro atoms. The van der Waals surface area contributed by atoms with Crippen LogP contribution in [0.15, 0.2) is 34.7 Å². The molecule has 0 radical (unpaired) electrons. The van der Waals surface area contributed by atoms with Gasteiger partial charge in [0, 0.05) is 6.21 Å². The smallest absolute Gasteiger partial charge is 0.0717 e. The van der Waals surface area contributed by atoms with Crippen LogP contribution in [0.2, 0.25) is 0 Å². The quantitative estimate of drug-likeness (QED) is 0.708. The highest BCUT2D eigenvalue weighted by Gasteiger charge is 2.12. The molecule has 1 aliphatic rings. The first-order chi connectivity index (χ1) is 6.95. The Morgan fingerprint density at radius 2 is 2.21 bits per heavy atom. The molecule has 1 heterocycles. The summed E-state index contributed by atoms with van der Waals surface area (Å²) in [6.07, 6.45) is 3.00. The maximum atomic E-state index is 5.60. The molecule has 1 atom stereocenters. The molecule has 74 valence electrons. The molecule has 1 unspecified atom stereocenters. The molecule has 1 aromatic rings. The fraction of sp³-hybridized carbons (Fsp3) is 0.364. The van der Waals surface area contributed by atoms with Crippen molar-refractivity contribution in [2.45, 2.75) is 18.3 Å². The molecule has 3 heteroatoms. The van der Waals surface area contributed by atoms with Gasteiger partial charge < -0.3 is 4.74 Å². The second-order valence-corrected chi connectivity index (χ2v) is 4.34. The van der Waals surface area contributed by atoms with Crippen LogP contribution in [0.4, 0.5) is 0 Å². The van der Waals surface area contributed by atoms with E-state index in [2.05, 4.69) is 16.5 Å². The number of nitrogens with zero attached hydrogens (tertiary/aromatic N) is 1. The lowest BCUT2D eigenvalue weighted by molar-refractivity contribution is 0.123. The van der Waals surface area contributed by atoms with E-state index in [4.69, 9.17) is 4.74 Å². The zero-order valence-electron chi connectivity index (χ0n) is 7.93. The molecule has 0 amide bonds. The third-order valence-electron chi connectivity index (χ3n) is 2.07. The Bertz CT molecular complexity index is 291. The molecule has 0 saturated heterocycles. The van der Waals surface area contributed by atoms with E-state index in [9.17, 15) is 0 Å². The van der Waals surface area contributed by atoms with E-state index >= 15 is 0 Å². The van der Waals surface area contributed by atoms with Crippen molar-refractivity contribution in [3.8, 4) is 0 Å². The van der Waals surface area contributed by atoms with E-state index in [1.54, 1.807) is 11.9 Å². The number of hydrogen-bond acceptors (Lipinski definition) is 3. The molecule has 0 bridgehead atoms. The van der Waals surface area contributed by atoms with Gasteiger partial charge in [-0.25, -0.2) is 4.40 Å². The Hall–Kier alpha value is -0.800. The van der Waals surface area contributed by atoms with Gasteiger partial charge in [-0.1, -0.05) is 30.3 Å². The average Bonchev–Trinajstić information content (AvgIpc) is 2.72. The Labute approximate surface area is 88.5 Å². The van der Waals surface area contributed by atoms with Crippen molar-refractivity contribution in [3.05, 3.63) is 35.9 Å². The fourth-order valence-corrected chi connectivity index (χ4v) is 1.99. The predicted molar refractivity (Wildman–Crippen MR) is 60.6 cm³/mol. The zero-order valence-corrected chi connectivity index (χ0v) is 8.74. The molecular weight excluding hydrogens is 194 g/mol. The summed E-state index contributed by atoms with van der Waals surface area (Å²) in [7, 11) is 0. The molecule has 2 nitrogen and oxygen atoms in total. The van der Waals surface area contributed by atoms with Crippen molar-refractivity contribution in [1.29, 1.82) is 0 Å². The van der Waals surface area contributed by atoms with Crippen LogP contribution in [0.1, 0.15) is 12.0 Å². The number of benzene rings is 1. The predicted octanol–water partition coefficient (Wildman–Crippen LogP) is 2.69. The molecule has 1 aromatic carbocycles. The first-order valence-electron chi connectivity index (χ1n) is 4.74. The van der Waals surface area contributed by atoms with Crippen LogP contribution in [-0.4, -0.2) is 18.1 Å². The summed E-state index contributed by atoms with van der Waals surface area (Å²) in [4.78, 5) is 0. The van der Waals surface area contributed by atoms with Crippen LogP contribution >= 0.6 is 11.9 Å². The maximum Gasteiger partial charge on any atom is 0.0717 e. The standard InChI is InChI=1S/C11H13NOS/c1-2-4-10(5-3-1)8-13-9-11-6-7-12-14-11/h1-5,7,11H,6,8-9H2. The van der Waals surface area contributed by atoms with E-state index in [-0.39, 0.29) is 0 Å². The molecule has 0 fully saturated rings. The monoisotopic (exact) mass is 207 g/mol. The molecule has 0 aliphatic carbocycles. The van der Waals surface area contributed by atoms with Crippen molar-refractivity contribution >= 4 is 18.2 Å². The van der Waals surface area contributed by atoms with Crippen molar-refractivity contribution < 1.29 is 4.74 Å². The van der Waals surface area contributed by atoms with Crippen LogP contribution in [0, 0.1) is 0 Å². The maximum absolute atomic E-state index is 5.60. The third kappa shape index (κ3) is 2.86. The minimum Gasteiger partial charge on any atom is -0.376 e. The van der Waals surface area contributed by atoms with Crippen LogP contribution in [0.3, 0.4) is 0 Å². The van der Waals surface area contributed by atoms with E-state index in [0.717, 1.165) is 13.0 Å². The highest BCUT2D eigenvalue weighted by molar-refractivity contribution is 7.99. The normalized spacial score (nSPS) is 20.1. The number of ether oxygens (including phenoxy) is 1. The van der Waals surface area contributed by atoms with Crippen LogP contribution < -0.4 is 0 Å². The minimum atomic E-state index is 0.527. The summed E-state index contributed by atoms with van der Waals surface area (Å²) >= 11 is 1.62. The average molecular weight is 207 g/mol. The molecular formula is C11H13NOS. The highest BCUT2D eigenvalue weighted by Crippen LogP contribution is 2.21. The fourth-order valence-electron chi connectivity index (χ4n) is 1.31. The molecule has 0 saturated carbocycles. The lowest BCUT2D eigenvalue weighted by Crippen LogP contribution is -2.08. The van der Waals surface area contributed by atoms with Gasteiger partial charge in [-0.05, 0) is 23.9 Å². The Kier molecular flexibility index (Phi) is 3.60. The minimum absolute atomic E-state index is 0.527. The van der Waals surface area contributed by atoms with Crippen LogP contribution in [0.25, 0.3) is 0 Å². The molecule has 14 heavy (non-hydrogen) atoms. The summed E-state index contributed by atoms with van der Waals surface area (Å²) in [6.45, 7) is 1.50. The molecule has 1 aliphatic heterocycles. The lowest BCUT2D eigenvalue weighted by Gasteiger charge is -2.07. The van der Waals surface area contributed by atoms with Crippen molar-refractivity contribution in [2.75, 3.05) is 6.61 Å². The second kappa shape index (κ2) is 5.17. The summed E-state index contributed by atoms with van der Waals surface area (Å²) in [5.41, 5.74) is 1.23. The van der Waals surface area contributed by atoms with E-state index in [0.29, 0.717) is 11.9 Å². The van der Waals surface area contributed by atoms with E-state index in [1.165, 1.54) is 5.56 Å². The second-order valence-electron chi connectivity index (χ2n) is 3.25. The van der Waals surface area contributed by atoms with Crippen LogP contribution in [-0.2, 0) is 11.3 Å². The molecule has 0 N–H and O–H groups in total. The van der Waals surface area contributed by atoms with Gasteiger partial charge in [-0.2, -0.15) is 0 Å². The topological polar surface area (TPSA) is 21.6 Å².